The van der Waals surface area contributed by atoms with Crippen LogP contribution in [0.1, 0.15) is 31.2 Å². The zero-order chi connectivity index (χ0) is 20.4. The fourth-order valence-corrected chi connectivity index (χ4v) is 3.50. The monoisotopic (exact) mass is 399 g/mol. The number of rotatable bonds is 7. The van der Waals surface area contributed by atoms with Gasteiger partial charge in [-0.1, -0.05) is 0 Å². The van der Waals surface area contributed by atoms with Crippen LogP contribution in [0.3, 0.4) is 0 Å². The zero-order valence-corrected chi connectivity index (χ0v) is 15.3. The summed E-state index contributed by atoms with van der Waals surface area (Å²) in [6.07, 6.45) is 1.09. The normalized spacial score (nSPS) is 23.0. The number of nitrogens with one attached hydrogen (secondary N) is 1. The van der Waals surface area contributed by atoms with E-state index in [1.807, 2.05) is 0 Å². The van der Waals surface area contributed by atoms with Gasteiger partial charge in [0.05, 0.1) is 12.1 Å². The summed E-state index contributed by atoms with van der Waals surface area (Å²) in [5, 5.41) is 12.9. The second-order valence-electron chi connectivity index (χ2n) is 7.56. The summed E-state index contributed by atoms with van der Waals surface area (Å²) in [6, 6.07) is -0.145. The summed E-state index contributed by atoms with van der Waals surface area (Å²) in [4.78, 5) is 25.9. The Kier molecular flexibility index (Phi) is 6.24. The number of nitrogens with two attached hydrogens (primary N) is 1. The van der Waals surface area contributed by atoms with Gasteiger partial charge in [0.15, 0.2) is 11.6 Å². The molecule has 2 aliphatic rings. The van der Waals surface area contributed by atoms with Gasteiger partial charge in [-0.25, -0.2) is 13.2 Å². The van der Waals surface area contributed by atoms with Crippen molar-refractivity contribution >= 4 is 11.8 Å². The van der Waals surface area contributed by atoms with Crippen LogP contribution in [0.15, 0.2) is 12.1 Å². The number of halogens is 3. The van der Waals surface area contributed by atoms with E-state index >= 15 is 0 Å². The summed E-state index contributed by atoms with van der Waals surface area (Å²) < 4.78 is 40.1. The first-order valence-electron chi connectivity index (χ1n) is 9.40. The average Bonchev–Trinajstić information content (AvgIpc) is 3.41. The van der Waals surface area contributed by atoms with Crippen LogP contribution >= 0.6 is 0 Å². The van der Waals surface area contributed by atoms with Crippen molar-refractivity contribution in [2.75, 3.05) is 13.1 Å². The van der Waals surface area contributed by atoms with Gasteiger partial charge in [-0.2, -0.15) is 0 Å². The van der Waals surface area contributed by atoms with E-state index in [0.717, 1.165) is 18.9 Å². The van der Waals surface area contributed by atoms with E-state index in [-0.39, 0.29) is 42.7 Å². The Hall–Kier alpha value is -2.13. The molecule has 1 aliphatic carbocycles. The first-order chi connectivity index (χ1) is 13.3. The number of aliphatic hydroxyl groups excluding tert-OH is 1. The van der Waals surface area contributed by atoms with Crippen LogP contribution in [0.4, 0.5) is 13.2 Å². The number of nitrogens with zero attached hydrogens (tertiary/aromatic N) is 1. The van der Waals surface area contributed by atoms with E-state index in [0.29, 0.717) is 19.0 Å². The highest BCUT2D eigenvalue weighted by atomic mass is 19.2. The van der Waals surface area contributed by atoms with Crippen molar-refractivity contribution in [1.29, 1.82) is 0 Å². The first kappa shape index (κ1) is 20.6. The Morgan fingerprint density at radius 2 is 1.86 bits per heavy atom. The molecule has 154 valence electrons. The summed E-state index contributed by atoms with van der Waals surface area (Å²) in [6.45, 7) is 0.492. The molecule has 0 radical (unpaired) electrons. The van der Waals surface area contributed by atoms with Crippen LogP contribution in [0, 0.1) is 23.4 Å². The summed E-state index contributed by atoms with van der Waals surface area (Å²) >= 11 is 0. The molecule has 2 amide bonds. The molecule has 0 bridgehead atoms. The summed E-state index contributed by atoms with van der Waals surface area (Å²) in [5.74, 6) is -3.76. The Morgan fingerprint density at radius 3 is 2.54 bits per heavy atom. The Morgan fingerprint density at radius 1 is 1.18 bits per heavy atom. The van der Waals surface area contributed by atoms with E-state index in [1.165, 1.54) is 4.90 Å². The van der Waals surface area contributed by atoms with Gasteiger partial charge in [0.25, 0.3) is 0 Å². The predicted molar refractivity (Wildman–Crippen MR) is 94.5 cm³/mol. The molecule has 28 heavy (non-hydrogen) atoms. The van der Waals surface area contributed by atoms with Crippen molar-refractivity contribution in [2.45, 2.75) is 50.3 Å². The molecule has 4 N–H and O–H groups in total. The number of benzene rings is 1. The van der Waals surface area contributed by atoms with E-state index in [4.69, 9.17) is 5.73 Å². The molecule has 3 atom stereocenters. The fourth-order valence-electron chi connectivity index (χ4n) is 3.50. The van der Waals surface area contributed by atoms with Crippen molar-refractivity contribution in [3.63, 3.8) is 0 Å². The molecular weight excluding hydrogens is 375 g/mol. The minimum Gasteiger partial charge on any atom is -0.391 e. The van der Waals surface area contributed by atoms with Crippen LogP contribution in [0.5, 0.6) is 0 Å². The first-order valence-corrected chi connectivity index (χ1v) is 9.40. The molecule has 1 aromatic rings. The Labute approximate surface area is 160 Å². The van der Waals surface area contributed by atoms with Gasteiger partial charge in [0.2, 0.25) is 11.8 Å². The molecular formula is C19H24F3N3O3. The van der Waals surface area contributed by atoms with Gasteiger partial charge >= 0.3 is 0 Å². The van der Waals surface area contributed by atoms with Gasteiger partial charge in [-0.05, 0) is 37.3 Å². The lowest BCUT2D eigenvalue weighted by Crippen LogP contribution is -2.48. The van der Waals surface area contributed by atoms with Crippen molar-refractivity contribution in [3.05, 3.63) is 35.1 Å². The lowest BCUT2D eigenvalue weighted by Gasteiger charge is -2.27. The molecule has 1 aromatic carbocycles. The second-order valence-corrected chi connectivity index (χ2v) is 7.56. The van der Waals surface area contributed by atoms with Crippen molar-refractivity contribution in [2.24, 2.45) is 11.7 Å². The fraction of sp³-hybridized carbons (Fsp3) is 0.579. The van der Waals surface area contributed by atoms with Gasteiger partial charge in [-0.15, -0.1) is 0 Å². The van der Waals surface area contributed by atoms with Crippen molar-refractivity contribution in [3.8, 4) is 0 Å². The van der Waals surface area contributed by atoms with Crippen molar-refractivity contribution in [1.82, 2.24) is 10.2 Å². The third-order valence-corrected chi connectivity index (χ3v) is 5.27. The van der Waals surface area contributed by atoms with E-state index < -0.39 is 35.6 Å². The molecule has 3 rings (SSSR count). The minimum absolute atomic E-state index is 0.0297. The Balaban J connectivity index is 1.56. The van der Waals surface area contributed by atoms with Crippen LogP contribution in [-0.2, 0) is 16.0 Å². The molecule has 0 aromatic heterocycles. The lowest BCUT2D eigenvalue weighted by molar-refractivity contribution is -0.134. The number of amides is 2. The molecule has 0 unspecified atom stereocenters. The van der Waals surface area contributed by atoms with Crippen LogP contribution in [0.25, 0.3) is 0 Å². The SMILES string of the molecule is N[C@@H](CC(=O)N1CC[C@@H](O)[C@H]1CNC(=O)C1CC1)Cc1cc(F)c(F)cc1F. The van der Waals surface area contributed by atoms with E-state index in [2.05, 4.69) is 5.32 Å². The van der Waals surface area contributed by atoms with Gasteiger partial charge in [0, 0.05) is 37.5 Å². The zero-order valence-electron chi connectivity index (χ0n) is 15.3. The van der Waals surface area contributed by atoms with E-state index in [9.17, 15) is 27.9 Å². The molecule has 9 heteroatoms. The Bertz CT molecular complexity index is 757. The number of hydrogen-bond donors (Lipinski definition) is 3. The lowest BCUT2D eigenvalue weighted by atomic mass is 10.0. The third kappa shape index (κ3) is 4.82. The van der Waals surface area contributed by atoms with Crippen molar-refractivity contribution < 1.29 is 27.9 Å². The largest absolute Gasteiger partial charge is 0.391 e. The van der Waals surface area contributed by atoms with E-state index in [1.54, 1.807) is 0 Å². The van der Waals surface area contributed by atoms with Crippen LogP contribution < -0.4 is 11.1 Å². The molecule has 0 spiro atoms. The highest BCUT2D eigenvalue weighted by molar-refractivity contribution is 5.81. The molecule has 1 saturated carbocycles. The predicted octanol–water partition coefficient (Wildman–Crippen LogP) is 0.852. The topological polar surface area (TPSA) is 95.7 Å². The van der Waals surface area contributed by atoms with Gasteiger partial charge in [-0.3, -0.25) is 9.59 Å². The number of likely N-dealkylation sites (tertiary alicyclic amines) is 1. The second kappa shape index (κ2) is 8.48. The standard InChI is InChI=1S/C19H24F3N3O3/c20-13-8-15(22)14(21)6-11(13)5-12(23)7-18(27)25-4-3-17(26)16(25)9-24-19(28)10-1-2-10/h6,8,10,12,16-17,26H,1-5,7,9,23H2,(H,24,28)/t12-,16-,17-/m1/s1. The summed E-state index contributed by atoms with van der Waals surface area (Å²) in [7, 11) is 0. The number of hydrogen-bond acceptors (Lipinski definition) is 4. The highest BCUT2D eigenvalue weighted by Gasteiger charge is 2.37. The highest BCUT2D eigenvalue weighted by Crippen LogP contribution is 2.29. The quantitative estimate of drug-likeness (QED) is 0.593. The molecule has 6 nitrogen and oxygen atoms in total. The number of aliphatic hydroxyl groups is 1. The van der Waals surface area contributed by atoms with Gasteiger partial charge < -0.3 is 21.1 Å². The third-order valence-electron chi connectivity index (χ3n) is 5.27. The molecule has 1 aliphatic heterocycles. The average molecular weight is 399 g/mol. The minimum atomic E-state index is -1.28. The van der Waals surface area contributed by atoms with Crippen LogP contribution in [-0.4, -0.2) is 53.1 Å². The number of carbonyl (C=O) groups excluding carboxylic acids is 2. The maximum atomic E-state index is 13.8. The smallest absolute Gasteiger partial charge is 0.224 e. The van der Waals surface area contributed by atoms with Gasteiger partial charge in [0.1, 0.15) is 5.82 Å². The maximum absolute atomic E-state index is 13.8. The van der Waals surface area contributed by atoms with Crippen LogP contribution in [0.2, 0.25) is 0 Å². The number of carbonyl (C=O) groups is 2. The molecule has 2 fully saturated rings. The summed E-state index contributed by atoms with van der Waals surface area (Å²) in [5.41, 5.74) is 5.82. The maximum Gasteiger partial charge on any atom is 0.224 e. The molecule has 1 heterocycles. The molecule has 1 saturated heterocycles.